The van der Waals surface area contributed by atoms with Crippen molar-refractivity contribution in [3.63, 3.8) is 0 Å². The largest absolute Gasteiger partial charge is 0.416 e. The van der Waals surface area contributed by atoms with Gasteiger partial charge in [0.25, 0.3) is 5.91 Å². The normalized spacial score (nSPS) is 11.0. The SMILES string of the molecule is O=C(CNC(=O)c1ccc(Cl)cc1)Nc1ccc(C(F)(F)F)cc1. The Bertz CT molecular complexity index is 728. The van der Waals surface area contributed by atoms with E-state index >= 15 is 0 Å². The van der Waals surface area contributed by atoms with Crippen molar-refractivity contribution in [3.8, 4) is 0 Å². The molecule has 0 radical (unpaired) electrons. The van der Waals surface area contributed by atoms with Gasteiger partial charge < -0.3 is 10.6 Å². The van der Waals surface area contributed by atoms with Crippen LogP contribution in [-0.2, 0) is 11.0 Å². The van der Waals surface area contributed by atoms with Crippen molar-refractivity contribution in [1.29, 1.82) is 0 Å². The summed E-state index contributed by atoms with van der Waals surface area (Å²) in [5, 5.41) is 5.27. The van der Waals surface area contributed by atoms with Gasteiger partial charge in [0.05, 0.1) is 12.1 Å². The van der Waals surface area contributed by atoms with Gasteiger partial charge in [0.1, 0.15) is 0 Å². The van der Waals surface area contributed by atoms with Crippen LogP contribution in [0.2, 0.25) is 5.02 Å². The molecule has 2 aromatic carbocycles. The van der Waals surface area contributed by atoms with Crippen LogP contribution < -0.4 is 10.6 Å². The summed E-state index contributed by atoms with van der Waals surface area (Å²) in [6.07, 6.45) is -4.44. The van der Waals surface area contributed by atoms with E-state index in [-0.39, 0.29) is 12.2 Å². The molecular weight excluding hydrogens is 345 g/mol. The summed E-state index contributed by atoms with van der Waals surface area (Å²) in [6, 6.07) is 10.1. The first kappa shape index (κ1) is 17.8. The highest BCUT2D eigenvalue weighted by Crippen LogP contribution is 2.29. The van der Waals surface area contributed by atoms with Crippen LogP contribution in [0.3, 0.4) is 0 Å². The molecule has 2 rings (SSSR count). The minimum absolute atomic E-state index is 0.203. The van der Waals surface area contributed by atoms with E-state index in [4.69, 9.17) is 11.6 Å². The summed E-state index contributed by atoms with van der Waals surface area (Å²) in [6.45, 7) is -0.317. The van der Waals surface area contributed by atoms with Crippen molar-refractivity contribution in [1.82, 2.24) is 5.32 Å². The Morgan fingerprint density at radius 3 is 2.08 bits per heavy atom. The molecule has 4 nitrogen and oxygen atoms in total. The third-order valence-electron chi connectivity index (χ3n) is 3.01. The first-order valence-electron chi connectivity index (χ1n) is 6.76. The van der Waals surface area contributed by atoms with Gasteiger partial charge >= 0.3 is 6.18 Å². The molecule has 126 valence electrons. The van der Waals surface area contributed by atoms with Crippen LogP contribution in [0.15, 0.2) is 48.5 Å². The monoisotopic (exact) mass is 356 g/mol. The Morgan fingerprint density at radius 1 is 0.958 bits per heavy atom. The lowest BCUT2D eigenvalue weighted by atomic mass is 10.2. The summed E-state index contributed by atoms with van der Waals surface area (Å²) in [4.78, 5) is 23.5. The maximum absolute atomic E-state index is 12.4. The fraction of sp³-hybridized carbons (Fsp3) is 0.125. The number of anilines is 1. The Kier molecular flexibility index (Phi) is 5.46. The number of amides is 2. The predicted molar refractivity (Wildman–Crippen MR) is 83.9 cm³/mol. The second-order valence-electron chi connectivity index (χ2n) is 4.81. The summed E-state index contributed by atoms with van der Waals surface area (Å²) >= 11 is 5.71. The molecule has 24 heavy (non-hydrogen) atoms. The van der Waals surface area contributed by atoms with Crippen LogP contribution in [0, 0.1) is 0 Å². The highest BCUT2D eigenvalue weighted by molar-refractivity contribution is 6.30. The van der Waals surface area contributed by atoms with E-state index in [2.05, 4.69) is 10.6 Å². The zero-order valence-corrected chi connectivity index (χ0v) is 12.9. The van der Waals surface area contributed by atoms with Gasteiger partial charge in [0.2, 0.25) is 5.91 Å². The average molecular weight is 357 g/mol. The molecule has 0 unspecified atom stereocenters. The lowest BCUT2D eigenvalue weighted by Gasteiger charge is -2.09. The van der Waals surface area contributed by atoms with Crippen LogP contribution >= 0.6 is 11.6 Å². The molecule has 8 heteroatoms. The zero-order valence-electron chi connectivity index (χ0n) is 12.2. The summed E-state index contributed by atoms with van der Waals surface area (Å²) < 4.78 is 37.3. The van der Waals surface area contributed by atoms with Crippen LogP contribution in [0.1, 0.15) is 15.9 Å². The van der Waals surface area contributed by atoms with Gasteiger partial charge in [-0.2, -0.15) is 13.2 Å². The maximum Gasteiger partial charge on any atom is 0.416 e. The first-order chi connectivity index (χ1) is 11.3. The summed E-state index contributed by atoms with van der Waals surface area (Å²) in [7, 11) is 0. The lowest BCUT2D eigenvalue weighted by molar-refractivity contribution is -0.137. The van der Waals surface area contributed by atoms with Crippen LogP contribution in [0.5, 0.6) is 0 Å². The quantitative estimate of drug-likeness (QED) is 0.877. The van der Waals surface area contributed by atoms with Gasteiger partial charge in [-0.25, -0.2) is 0 Å². The number of hydrogen-bond donors (Lipinski definition) is 2. The number of halogens is 4. The van der Waals surface area contributed by atoms with Crippen LogP contribution in [0.25, 0.3) is 0 Å². The molecule has 0 aliphatic rings. The lowest BCUT2D eigenvalue weighted by Crippen LogP contribution is -2.32. The van der Waals surface area contributed by atoms with E-state index < -0.39 is 23.6 Å². The fourth-order valence-electron chi connectivity index (χ4n) is 1.81. The molecule has 0 atom stereocenters. The number of alkyl halides is 3. The molecule has 0 fully saturated rings. The Morgan fingerprint density at radius 2 is 1.54 bits per heavy atom. The molecule has 0 aliphatic heterocycles. The smallest absolute Gasteiger partial charge is 0.343 e. The van der Waals surface area contributed by atoms with E-state index in [1.54, 1.807) is 12.1 Å². The van der Waals surface area contributed by atoms with Crippen LogP contribution in [0.4, 0.5) is 18.9 Å². The summed E-state index contributed by atoms with van der Waals surface area (Å²) in [5.41, 5.74) is -0.271. The third kappa shape index (κ3) is 4.99. The highest BCUT2D eigenvalue weighted by atomic mass is 35.5. The van der Waals surface area contributed by atoms with Gasteiger partial charge in [-0.3, -0.25) is 9.59 Å². The third-order valence-corrected chi connectivity index (χ3v) is 3.26. The number of hydrogen-bond acceptors (Lipinski definition) is 2. The van der Waals surface area contributed by atoms with E-state index in [1.165, 1.54) is 12.1 Å². The van der Waals surface area contributed by atoms with Gasteiger partial charge in [0, 0.05) is 16.3 Å². The minimum atomic E-state index is -4.44. The van der Waals surface area contributed by atoms with Gasteiger partial charge in [-0.1, -0.05) is 11.6 Å². The predicted octanol–water partition coefficient (Wildman–Crippen LogP) is 3.73. The van der Waals surface area contributed by atoms with E-state index in [0.717, 1.165) is 24.3 Å². The number of benzene rings is 2. The van der Waals surface area contributed by atoms with Crippen molar-refractivity contribution in [2.24, 2.45) is 0 Å². The Labute approximate surface area is 140 Å². The van der Waals surface area contributed by atoms with E-state index in [9.17, 15) is 22.8 Å². The second-order valence-corrected chi connectivity index (χ2v) is 5.25. The Hall–Kier alpha value is -2.54. The summed E-state index contributed by atoms with van der Waals surface area (Å²) in [5.74, 6) is -1.02. The number of rotatable bonds is 4. The minimum Gasteiger partial charge on any atom is -0.343 e. The highest BCUT2D eigenvalue weighted by Gasteiger charge is 2.29. The van der Waals surface area contributed by atoms with Crippen molar-refractivity contribution in [2.45, 2.75) is 6.18 Å². The first-order valence-corrected chi connectivity index (χ1v) is 7.14. The molecule has 0 aliphatic carbocycles. The molecule has 0 spiro atoms. The molecule has 2 N–H and O–H groups in total. The van der Waals surface area contributed by atoms with Gasteiger partial charge in [0.15, 0.2) is 0 Å². The Balaban J connectivity index is 1.87. The molecule has 0 bridgehead atoms. The molecule has 0 saturated carbocycles. The van der Waals surface area contributed by atoms with Crippen molar-refractivity contribution in [3.05, 3.63) is 64.7 Å². The maximum atomic E-state index is 12.4. The van der Waals surface area contributed by atoms with Crippen molar-refractivity contribution >= 4 is 29.1 Å². The topological polar surface area (TPSA) is 58.2 Å². The molecule has 2 amide bonds. The number of nitrogens with one attached hydrogen (secondary N) is 2. The van der Waals surface area contributed by atoms with Gasteiger partial charge in [-0.05, 0) is 48.5 Å². The molecule has 0 heterocycles. The van der Waals surface area contributed by atoms with Crippen molar-refractivity contribution < 1.29 is 22.8 Å². The van der Waals surface area contributed by atoms with E-state index in [1.807, 2.05) is 0 Å². The average Bonchev–Trinajstić information content (AvgIpc) is 2.53. The van der Waals surface area contributed by atoms with E-state index in [0.29, 0.717) is 10.6 Å². The van der Waals surface area contributed by atoms with Crippen LogP contribution in [-0.4, -0.2) is 18.4 Å². The molecular formula is C16H12ClF3N2O2. The number of carbonyl (C=O) groups excluding carboxylic acids is 2. The molecule has 2 aromatic rings. The second kappa shape index (κ2) is 7.35. The molecule has 0 saturated heterocycles. The number of carbonyl (C=O) groups is 2. The zero-order chi connectivity index (χ0) is 17.7. The standard InChI is InChI=1S/C16H12ClF3N2O2/c17-12-5-1-10(2-6-12)15(24)21-9-14(23)22-13-7-3-11(4-8-13)16(18,19)20/h1-8H,9H2,(H,21,24)(H,22,23). The van der Waals surface area contributed by atoms with Gasteiger partial charge in [-0.15, -0.1) is 0 Å². The van der Waals surface area contributed by atoms with Crippen molar-refractivity contribution in [2.75, 3.05) is 11.9 Å². The fourth-order valence-corrected chi connectivity index (χ4v) is 1.94. The molecule has 0 aromatic heterocycles.